The van der Waals surface area contributed by atoms with Gasteiger partial charge in [-0.2, -0.15) is 0 Å². The lowest BCUT2D eigenvalue weighted by Crippen LogP contribution is -2.43. The van der Waals surface area contributed by atoms with Gasteiger partial charge in [0.05, 0.1) is 47.2 Å². The third-order valence-electron chi connectivity index (χ3n) is 7.61. The fraction of sp³-hybridized carbons (Fsp3) is 0.406. The molecule has 10 nitrogen and oxygen atoms in total. The minimum atomic E-state index is -1.17. The van der Waals surface area contributed by atoms with E-state index in [4.69, 9.17) is 28.4 Å². The van der Waals surface area contributed by atoms with Crippen LogP contribution in [0.3, 0.4) is 0 Å². The summed E-state index contributed by atoms with van der Waals surface area (Å²) in [6.45, 7) is 5.41. The molecule has 0 bridgehead atoms. The summed E-state index contributed by atoms with van der Waals surface area (Å²) in [5, 5.41) is 3.30. The van der Waals surface area contributed by atoms with Gasteiger partial charge in [-0.15, -0.1) is 0 Å². The van der Waals surface area contributed by atoms with Gasteiger partial charge < -0.3 is 33.7 Å². The highest BCUT2D eigenvalue weighted by Gasteiger charge is 2.50. The highest BCUT2D eigenvalue weighted by molar-refractivity contribution is 6.13. The Kier molecular flexibility index (Phi) is 9.45. The number of hydrogen-bond acceptors (Lipinski definition) is 10. The second kappa shape index (κ2) is 13.0. The number of nitrogens with one attached hydrogen (secondary N) is 1. The number of ketones is 1. The number of carbonyl (C=O) groups excluding carboxylic acids is 3. The second-order valence-electron chi connectivity index (χ2n) is 9.81. The van der Waals surface area contributed by atoms with Crippen LogP contribution in [-0.4, -0.2) is 59.4 Å². The highest BCUT2D eigenvalue weighted by atomic mass is 16.5. The van der Waals surface area contributed by atoms with Crippen LogP contribution in [0.25, 0.3) is 0 Å². The minimum Gasteiger partial charge on any atom is -0.496 e. The molecular weight excluding hydrogens is 542 g/mol. The number of Topliss-reactive ketones (excluding diaryl/α,β-unsaturated/α-hetero) is 1. The molecule has 10 heteroatoms. The molecule has 1 aliphatic heterocycles. The quantitative estimate of drug-likeness (QED) is 0.320. The number of dihydropyridines is 1. The molecule has 1 aliphatic carbocycles. The van der Waals surface area contributed by atoms with Gasteiger partial charge in [0.1, 0.15) is 11.7 Å². The van der Waals surface area contributed by atoms with Gasteiger partial charge in [0.25, 0.3) is 0 Å². The zero-order valence-corrected chi connectivity index (χ0v) is 25.0. The first kappa shape index (κ1) is 30.5. The third kappa shape index (κ3) is 5.41. The Bertz CT molecular complexity index is 1420. The smallest absolute Gasteiger partial charge is 0.336 e. The molecule has 1 heterocycles. The zero-order valence-electron chi connectivity index (χ0n) is 25.0. The predicted octanol–water partition coefficient (Wildman–Crippen LogP) is 4.43. The number of para-hydroxylation sites is 1. The number of ether oxygens (including phenoxy) is 6. The van der Waals surface area contributed by atoms with Gasteiger partial charge >= 0.3 is 11.9 Å². The Morgan fingerprint density at radius 3 is 2.07 bits per heavy atom. The number of methoxy groups -OCH3 is 4. The molecule has 4 rings (SSSR count). The maximum absolute atomic E-state index is 14.6. The van der Waals surface area contributed by atoms with E-state index in [1.54, 1.807) is 46.1 Å². The molecule has 0 aromatic heterocycles. The molecule has 0 saturated heterocycles. The van der Waals surface area contributed by atoms with Gasteiger partial charge in [-0.25, -0.2) is 4.79 Å². The number of esters is 2. The van der Waals surface area contributed by atoms with E-state index in [2.05, 4.69) is 5.32 Å². The SMILES string of the molecule is CCOC(=O)C1=C(C)NC2=C(C(=O)[C@H](C(=O)OCC)[C@@H](c3ccccc3OC)C2)[C@@H]1c1cc(OC)c(OC)c(OC)c1. The molecule has 0 saturated carbocycles. The lowest BCUT2D eigenvalue weighted by atomic mass is 9.67. The highest BCUT2D eigenvalue weighted by Crippen LogP contribution is 2.51. The van der Waals surface area contributed by atoms with E-state index in [1.807, 2.05) is 18.2 Å². The number of hydrogen-bond donors (Lipinski definition) is 1. The lowest BCUT2D eigenvalue weighted by Gasteiger charge is -2.39. The first-order valence-corrected chi connectivity index (χ1v) is 13.8. The lowest BCUT2D eigenvalue weighted by molar-refractivity contribution is -0.152. The van der Waals surface area contributed by atoms with E-state index in [9.17, 15) is 14.4 Å². The zero-order chi connectivity index (χ0) is 30.6. The molecule has 0 fully saturated rings. The van der Waals surface area contributed by atoms with Gasteiger partial charge in [-0.3, -0.25) is 9.59 Å². The van der Waals surface area contributed by atoms with Crippen molar-refractivity contribution >= 4 is 17.7 Å². The maximum Gasteiger partial charge on any atom is 0.336 e. The summed E-state index contributed by atoms with van der Waals surface area (Å²) >= 11 is 0. The van der Waals surface area contributed by atoms with Crippen LogP contribution in [0.1, 0.15) is 50.2 Å². The second-order valence-corrected chi connectivity index (χ2v) is 9.81. The molecule has 42 heavy (non-hydrogen) atoms. The molecule has 3 atom stereocenters. The first-order chi connectivity index (χ1) is 20.3. The van der Waals surface area contributed by atoms with Crippen molar-refractivity contribution in [2.45, 2.75) is 39.0 Å². The molecule has 224 valence electrons. The number of benzene rings is 2. The molecule has 0 spiro atoms. The summed E-state index contributed by atoms with van der Waals surface area (Å²) in [6.07, 6.45) is 0.291. The molecule has 2 aliphatic rings. The summed E-state index contributed by atoms with van der Waals surface area (Å²) in [7, 11) is 6.02. The van der Waals surface area contributed by atoms with Crippen LogP contribution in [0.5, 0.6) is 23.0 Å². The molecule has 2 aromatic rings. The van der Waals surface area contributed by atoms with Gasteiger partial charge in [0.15, 0.2) is 17.3 Å². The van der Waals surface area contributed by atoms with Gasteiger partial charge in [-0.05, 0) is 56.5 Å². The van der Waals surface area contributed by atoms with Gasteiger partial charge in [0, 0.05) is 28.8 Å². The van der Waals surface area contributed by atoms with Crippen LogP contribution in [0, 0.1) is 5.92 Å². The summed E-state index contributed by atoms with van der Waals surface area (Å²) < 4.78 is 33.2. The topological polar surface area (TPSA) is 119 Å². The fourth-order valence-corrected chi connectivity index (χ4v) is 5.88. The Morgan fingerprint density at radius 1 is 0.881 bits per heavy atom. The molecular formula is C32H37NO9. The van der Waals surface area contributed by atoms with Gasteiger partial charge in [-0.1, -0.05) is 18.2 Å². The van der Waals surface area contributed by atoms with Gasteiger partial charge in [0.2, 0.25) is 5.75 Å². The van der Waals surface area contributed by atoms with Crippen LogP contribution >= 0.6 is 0 Å². The Labute approximate surface area is 245 Å². The van der Waals surface area contributed by atoms with E-state index < -0.39 is 35.5 Å². The number of carbonyl (C=O) groups is 3. The molecule has 1 N–H and O–H groups in total. The van der Waals surface area contributed by atoms with Crippen molar-refractivity contribution in [3.05, 3.63) is 70.1 Å². The maximum atomic E-state index is 14.6. The van der Waals surface area contributed by atoms with Crippen LogP contribution in [0.15, 0.2) is 58.9 Å². The predicted molar refractivity (Wildman–Crippen MR) is 154 cm³/mol. The summed E-state index contributed by atoms with van der Waals surface area (Å²) in [5.74, 6) is -2.69. The van der Waals surface area contributed by atoms with Crippen molar-refractivity contribution in [2.24, 2.45) is 5.92 Å². The molecule has 0 radical (unpaired) electrons. The van der Waals surface area contributed by atoms with Crippen molar-refractivity contribution < 1.29 is 42.8 Å². The van der Waals surface area contributed by atoms with Crippen molar-refractivity contribution in [2.75, 3.05) is 41.7 Å². The standard InChI is InChI=1S/C32H37NO9/c1-8-41-31(35)25-17(3)33-21-16-20(19-12-10-11-13-22(19)37-4)27(32(36)42-9-2)29(34)28(21)26(25)18-14-23(38-5)30(40-7)24(15-18)39-6/h10-15,20,26-27,33H,8-9,16H2,1-7H3/t20-,26-,27-/m1/s1. The average molecular weight is 580 g/mol. The Balaban J connectivity index is 1.99. The van der Waals surface area contributed by atoms with Crippen LogP contribution < -0.4 is 24.3 Å². The Hall–Kier alpha value is -4.47. The monoisotopic (exact) mass is 579 g/mol. The van der Waals surface area contributed by atoms with Crippen molar-refractivity contribution in [1.29, 1.82) is 0 Å². The van der Waals surface area contributed by atoms with Crippen molar-refractivity contribution in [3.63, 3.8) is 0 Å². The summed E-state index contributed by atoms with van der Waals surface area (Å²) in [5.41, 5.74) is 2.90. The van der Waals surface area contributed by atoms with E-state index in [1.165, 1.54) is 21.3 Å². The first-order valence-electron chi connectivity index (χ1n) is 13.8. The normalized spacial score (nSPS) is 19.9. The summed E-state index contributed by atoms with van der Waals surface area (Å²) in [4.78, 5) is 41.5. The average Bonchev–Trinajstić information content (AvgIpc) is 2.99. The molecule has 0 amide bonds. The number of rotatable bonds is 10. The van der Waals surface area contributed by atoms with E-state index >= 15 is 0 Å². The largest absolute Gasteiger partial charge is 0.496 e. The number of allylic oxidation sites excluding steroid dienone is 3. The van der Waals surface area contributed by atoms with Crippen molar-refractivity contribution in [3.8, 4) is 23.0 Å². The Morgan fingerprint density at radius 2 is 1.50 bits per heavy atom. The van der Waals surface area contributed by atoms with E-state index in [0.29, 0.717) is 51.9 Å². The van der Waals surface area contributed by atoms with Crippen LogP contribution in [-0.2, 0) is 23.9 Å². The minimum absolute atomic E-state index is 0.106. The third-order valence-corrected chi connectivity index (χ3v) is 7.61. The van der Waals surface area contributed by atoms with E-state index in [-0.39, 0.29) is 24.4 Å². The molecule has 2 aromatic carbocycles. The van der Waals surface area contributed by atoms with E-state index in [0.717, 1.165) is 0 Å². The van der Waals surface area contributed by atoms with Crippen LogP contribution in [0.4, 0.5) is 0 Å². The molecule has 0 unspecified atom stereocenters. The van der Waals surface area contributed by atoms with Crippen molar-refractivity contribution in [1.82, 2.24) is 5.32 Å². The summed E-state index contributed by atoms with van der Waals surface area (Å²) in [6, 6.07) is 10.7. The van der Waals surface area contributed by atoms with Crippen LogP contribution in [0.2, 0.25) is 0 Å². The fourth-order valence-electron chi connectivity index (χ4n) is 5.88.